The van der Waals surface area contributed by atoms with Gasteiger partial charge in [0.15, 0.2) is 0 Å². The number of nitrogens with zero attached hydrogens (tertiary/aromatic N) is 1. The van der Waals surface area contributed by atoms with Crippen LogP contribution in [0, 0.1) is 6.92 Å². The van der Waals surface area contributed by atoms with E-state index in [1.807, 2.05) is 19.1 Å². The predicted molar refractivity (Wildman–Crippen MR) is 74.1 cm³/mol. The van der Waals surface area contributed by atoms with E-state index in [4.69, 9.17) is 10.8 Å². The lowest BCUT2D eigenvalue weighted by Crippen LogP contribution is -2.05. The Morgan fingerprint density at radius 3 is 2.74 bits per heavy atom. The number of hydrogen-bond donors (Lipinski definition) is 3. The third kappa shape index (κ3) is 3.22. The van der Waals surface area contributed by atoms with Gasteiger partial charge in [-0.05, 0) is 36.8 Å². The molecule has 0 atom stereocenters. The lowest BCUT2D eigenvalue weighted by molar-refractivity contribution is 0.0697. The van der Waals surface area contributed by atoms with E-state index in [9.17, 15) is 4.79 Å². The number of rotatable bonds is 4. The molecule has 0 aliphatic carbocycles. The Balaban J connectivity index is 2.07. The second-order valence-electron chi connectivity index (χ2n) is 4.27. The first-order valence-corrected chi connectivity index (χ1v) is 5.84. The molecule has 0 fully saturated rings. The van der Waals surface area contributed by atoms with Crippen LogP contribution in [0.25, 0.3) is 0 Å². The van der Waals surface area contributed by atoms with Crippen molar-refractivity contribution in [2.45, 2.75) is 13.5 Å². The summed E-state index contributed by atoms with van der Waals surface area (Å²) in [5, 5.41) is 12.0. The molecule has 1 aromatic heterocycles. The second kappa shape index (κ2) is 5.39. The van der Waals surface area contributed by atoms with Gasteiger partial charge in [-0.25, -0.2) is 4.79 Å². The first-order chi connectivity index (χ1) is 9.06. The highest BCUT2D eigenvalue weighted by molar-refractivity contribution is 5.90. The highest BCUT2D eigenvalue weighted by atomic mass is 16.4. The van der Waals surface area contributed by atoms with Gasteiger partial charge in [-0.1, -0.05) is 6.07 Å². The van der Waals surface area contributed by atoms with Crippen molar-refractivity contribution in [3.8, 4) is 0 Å². The molecule has 0 saturated carbocycles. The molecule has 0 unspecified atom stereocenters. The maximum absolute atomic E-state index is 10.8. The highest BCUT2D eigenvalue weighted by Gasteiger charge is 2.06. The summed E-state index contributed by atoms with van der Waals surface area (Å²) in [5.74, 6) is -0.985. The van der Waals surface area contributed by atoms with Crippen LogP contribution < -0.4 is 11.1 Å². The zero-order chi connectivity index (χ0) is 13.8. The Morgan fingerprint density at radius 1 is 1.37 bits per heavy atom. The zero-order valence-electron chi connectivity index (χ0n) is 10.6. The minimum Gasteiger partial charge on any atom is -0.478 e. The van der Waals surface area contributed by atoms with E-state index in [1.54, 1.807) is 12.3 Å². The van der Waals surface area contributed by atoms with Crippen molar-refractivity contribution in [2.75, 3.05) is 11.1 Å². The average Bonchev–Trinajstić information content (AvgIpc) is 2.39. The van der Waals surface area contributed by atoms with Crippen molar-refractivity contribution in [1.29, 1.82) is 0 Å². The number of anilines is 2. The number of hydrogen-bond acceptors (Lipinski definition) is 4. The van der Waals surface area contributed by atoms with Crippen LogP contribution in [-0.2, 0) is 6.54 Å². The van der Waals surface area contributed by atoms with Gasteiger partial charge in [-0.15, -0.1) is 0 Å². The molecule has 2 rings (SSSR count). The minimum absolute atomic E-state index is 0.181. The molecule has 0 amide bonds. The second-order valence-corrected chi connectivity index (χ2v) is 4.27. The van der Waals surface area contributed by atoms with Crippen molar-refractivity contribution >= 4 is 17.3 Å². The van der Waals surface area contributed by atoms with E-state index < -0.39 is 5.97 Å². The quantitative estimate of drug-likeness (QED) is 0.731. The third-order valence-electron chi connectivity index (χ3n) is 2.75. The summed E-state index contributed by atoms with van der Waals surface area (Å²) in [5.41, 5.74) is 9.12. The number of aromatic nitrogens is 1. The number of aromatic carboxylic acids is 1. The fraction of sp³-hybridized carbons (Fsp3) is 0.143. The Labute approximate surface area is 111 Å². The number of nitrogen functional groups attached to an aromatic ring is 1. The Morgan fingerprint density at radius 2 is 2.16 bits per heavy atom. The number of carboxylic acid groups (broad SMARTS) is 1. The van der Waals surface area contributed by atoms with Crippen LogP contribution in [0.5, 0.6) is 0 Å². The number of carbonyl (C=O) groups is 1. The molecule has 1 heterocycles. The summed E-state index contributed by atoms with van der Waals surface area (Å²) in [6.45, 7) is 2.52. The molecule has 4 N–H and O–H groups in total. The Bertz CT molecular complexity index is 594. The van der Waals surface area contributed by atoms with Crippen LogP contribution in [0.3, 0.4) is 0 Å². The molecule has 98 valence electrons. The summed E-state index contributed by atoms with van der Waals surface area (Å²) in [7, 11) is 0. The van der Waals surface area contributed by atoms with Crippen LogP contribution in [0.15, 0.2) is 36.5 Å². The third-order valence-corrected chi connectivity index (χ3v) is 2.75. The normalized spacial score (nSPS) is 10.2. The standard InChI is InChI=1S/C14H15N3O2/c1-9-2-3-10(7-16-9)8-17-13-5-4-11(14(18)19)6-12(13)15/h2-7,17H,8,15H2,1H3,(H,18,19). The van der Waals surface area contributed by atoms with Gasteiger partial charge < -0.3 is 16.2 Å². The molecule has 5 nitrogen and oxygen atoms in total. The first kappa shape index (κ1) is 12.9. The molecule has 0 aliphatic rings. The van der Waals surface area contributed by atoms with Gasteiger partial charge in [0.25, 0.3) is 0 Å². The average molecular weight is 257 g/mol. The van der Waals surface area contributed by atoms with Gasteiger partial charge in [-0.2, -0.15) is 0 Å². The van der Waals surface area contributed by atoms with Crippen molar-refractivity contribution in [3.63, 3.8) is 0 Å². The van der Waals surface area contributed by atoms with E-state index in [0.29, 0.717) is 17.9 Å². The maximum atomic E-state index is 10.8. The molecular formula is C14H15N3O2. The molecule has 5 heteroatoms. The maximum Gasteiger partial charge on any atom is 0.335 e. The van der Waals surface area contributed by atoms with E-state index in [0.717, 1.165) is 11.3 Å². The van der Waals surface area contributed by atoms with Crippen molar-refractivity contribution in [2.24, 2.45) is 0 Å². The van der Waals surface area contributed by atoms with E-state index in [-0.39, 0.29) is 5.56 Å². The van der Waals surface area contributed by atoms with Gasteiger partial charge in [-0.3, -0.25) is 4.98 Å². The first-order valence-electron chi connectivity index (χ1n) is 5.84. The lowest BCUT2D eigenvalue weighted by Gasteiger charge is -2.10. The number of aryl methyl sites for hydroxylation is 1. The summed E-state index contributed by atoms with van der Waals surface area (Å²) >= 11 is 0. The molecule has 2 aromatic rings. The van der Waals surface area contributed by atoms with Crippen molar-refractivity contribution in [3.05, 3.63) is 53.3 Å². The Hall–Kier alpha value is -2.56. The van der Waals surface area contributed by atoms with Crippen molar-refractivity contribution in [1.82, 2.24) is 4.98 Å². The Kier molecular flexibility index (Phi) is 3.66. The van der Waals surface area contributed by atoms with Gasteiger partial charge in [0.05, 0.1) is 16.9 Å². The summed E-state index contributed by atoms with van der Waals surface area (Å²) in [6.07, 6.45) is 1.80. The molecule has 0 spiro atoms. The topological polar surface area (TPSA) is 88.2 Å². The smallest absolute Gasteiger partial charge is 0.335 e. The number of nitrogens with two attached hydrogens (primary N) is 1. The zero-order valence-corrected chi connectivity index (χ0v) is 10.6. The van der Waals surface area contributed by atoms with Crippen LogP contribution in [0.4, 0.5) is 11.4 Å². The monoisotopic (exact) mass is 257 g/mol. The van der Waals surface area contributed by atoms with Gasteiger partial charge in [0.1, 0.15) is 0 Å². The van der Waals surface area contributed by atoms with Crippen LogP contribution in [0.1, 0.15) is 21.6 Å². The largest absolute Gasteiger partial charge is 0.478 e. The molecule has 0 bridgehead atoms. The highest BCUT2D eigenvalue weighted by Crippen LogP contribution is 2.20. The summed E-state index contributed by atoms with van der Waals surface area (Å²) in [4.78, 5) is 15.0. The molecule has 0 radical (unpaired) electrons. The van der Waals surface area contributed by atoms with E-state index in [1.165, 1.54) is 12.1 Å². The van der Waals surface area contributed by atoms with Crippen LogP contribution >= 0.6 is 0 Å². The molecule has 0 aliphatic heterocycles. The fourth-order valence-electron chi connectivity index (χ4n) is 1.66. The molecule has 0 saturated heterocycles. The predicted octanol–water partition coefficient (Wildman–Crippen LogP) is 2.28. The fourth-order valence-corrected chi connectivity index (χ4v) is 1.66. The van der Waals surface area contributed by atoms with E-state index in [2.05, 4.69) is 10.3 Å². The van der Waals surface area contributed by atoms with Gasteiger partial charge >= 0.3 is 5.97 Å². The van der Waals surface area contributed by atoms with Crippen LogP contribution in [0.2, 0.25) is 0 Å². The SMILES string of the molecule is Cc1ccc(CNc2ccc(C(=O)O)cc2N)cn1. The summed E-state index contributed by atoms with van der Waals surface area (Å²) < 4.78 is 0. The van der Waals surface area contributed by atoms with Crippen molar-refractivity contribution < 1.29 is 9.90 Å². The number of nitrogens with one attached hydrogen (secondary N) is 1. The lowest BCUT2D eigenvalue weighted by atomic mass is 10.1. The van der Waals surface area contributed by atoms with Gasteiger partial charge in [0.2, 0.25) is 0 Å². The number of benzene rings is 1. The van der Waals surface area contributed by atoms with E-state index >= 15 is 0 Å². The molecule has 1 aromatic carbocycles. The van der Waals surface area contributed by atoms with Crippen LogP contribution in [-0.4, -0.2) is 16.1 Å². The molecule has 19 heavy (non-hydrogen) atoms. The number of pyridine rings is 1. The number of carboxylic acids is 1. The molecular weight excluding hydrogens is 242 g/mol. The summed E-state index contributed by atoms with van der Waals surface area (Å²) in [6, 6.07) is 8.55. The minimum atomic E-state index is -0.985. The van der Waals surface area contributed by atoms with Gasteiger partial charge in [0, 0.05) is 18.4 Å².